The largest absolute Gasteiger partial charge is 0.366 e. The maximum atomic E-state index is 11.8. The standard InChI is InChI=1S/C17H18IN5O/c1-3-14-9-16(24)21-17(20-14)23-15(7-11(2)22-23)19-10-12-5-4-6-13(18)8-12/h4-9,19H,3,10H2,1-2H3,(H,20,21,24). The molecule has 0 amide bonds. The van der Waals surface area contributed by atoms with E-state index in [4.69, 9.17) is 0 Å². The molecule has 2 aromatic heterocycles. The zero-order valence-corrected chi connectivity index (χ0v) is 15.7. The summed E-state index contributed by atoms with van der Waals surface area (Å²) in [7, 11) is 0. The van der Waals surface area contributed by atoms with Gasteiger partial charge in [-0.2, -0.15) is 9.78 Å². The van der Waals surface area contributed by atoms with Gasteiger partial charge in [-0.1, -0.05) is 19.1 Å². The smallest absolute Gasteiger partial charge is 0.252 e. The van der Waals surface area contributed by atoms with Crippen LogP contribution in [0, 0.1) is 10.5 Å². The second-order valence-electron chi connectivity index (χ2n) is 5.48. The van der Waals surface area contributed by atoms with E-state index in [9.17, 15) is 4.79 Å². The molecule has 3 rings (SSSR count). The number of nitrogens with one attached hydrogen (secondary N) is 2. The Kier molecular flexibility index (Phi) is 4.98. The van der Waals surface area contributed by atoms with E-state index in [2.05, 4.69) is 61.2 Å². The molecule has 0 saturated heterocycles. The van der Waals surface area contributed by atoms with Crippen molar-refractivity contribution in [1.29, 1.82) is 0 Å². The fourth-order valence-electron chi connectivity index (χ4n) is 2.40. The molecule has 1 aromatic carbocycles. The van der Waals surface area contributed by atoms with Crippen LogP contribution in [0.1, 0.15) is 23.9 Å². The molecule has 0 atom stereocenters. The van der Waals surface area contributed by atoms with E-state index in [1.165, 1.54) is 15.2 Å². The number of nitrogens with zero attached hydrogens (tertiary/aromatic N) is 3. The minimum Gasteiger partial charge on any atom is -0.366 e. The normalized spacial score (nSPS) is 10.8. The molecule has 0 aliphatic rings. The lowest BCUT2D eigenvalue weighted by Gasteiger charge is -2.10. The molecule has 0 aliphatic heterocycles. The number of hydrogen-bond donors (Lipinski definition) is 2. The summed E-state index contributed by atoms with van der Waals surface area (Å²) < 4.78 is 2.84. The Labute approximate surface area is 153 Å². The second-order valence-corrected chi connectivity index (χ2v) is 6.73. The van der Waals surface area contributed by atoms with Crippen LogP contribution in [0.5, 0.6) is 0 Å². The van der Waals surface area contributed by atoms with E-state index >= 15 is 0 Å². The average molecular weight is 435 g/mol. The molecule has 0 radical (unpaired) electrons. The summed E-state index contributed by atoms with van der Waals surface area (Å²) in [6.45, 7) is 4.55. The highest BCUT2D eigenvalue weighted by Gasteiger charge is 2.10. The van der Waals surface area contributed by atoms with Gasteiger partial charge in [0.1, 0.15) is 5.82 Å². The molecule has 6 nitrogen and oxygen atoms in total. The fraction of sp³-hybridized carbons (Fsp3) is 0.235. The summed E-state index contributed by atoms with van der Waals surface area (Å²) in [5.74, 6) is 1.22. The molecule has 0 saturated carbocycles. The number of anilines is 1. The predicted octanol–water partition coefficient (Wildman–Crippen LogP) is 3.04. The van der Waals surface area contributed by atoms with Crippen LogP contribution in [-0.2, 0) is 13.0 Å². The average Bonchev–Trinajstić information content (AvgIpc) is 2.93. The molecule has 24 heavy (non-hydrogen) atoms. The Morgan fingerprint density at radius 2 is 2.12 bits per heavy atom. The van der Waals surface area contributed by atoms with Gasteiger partial charge in [0, 0.05) is 27.9 Å². The topological polar surface area (TPSA) is 75.6 Å². The van der Waals surface area contributed by atoms with Gasteiger partial charge < -0.3 is 5.32 Å². The predicted molar refractivity (Wildman–Crippen MR) is 103 cm³/mol. The van der Waals surface area contributed by atoms with E-state index in [-0.39, 0.29) is 5.56 Å². The zero-order valence-electron chi connectivity index (χ0n) is 13.5. The quantitative estimate of drug-likeness (QED) is 0.605. The molecule has 0 bridgehead atoms. The van der Waals surface area contributed by atoms with Crippen molar-refractivity contribution in [3.8, 4) is 5.95 Å². The van der Waals surface area contributed by atoms with E-state index in [1.54, 1.807) is 4.68 Å². The summed E-state index contributed by atoms with van der Waals surface area (Å²) in [5.41, 5.74) is 2.60. The van der Waals surface area contributed by atoms with Crippen LogP contribution in [0.2, 0.25) is 0 Å². The zero-order chi connectivity index (χ0) is 17.1. The Hall–Kier alpha value is -2.16. The lowest BCUT2D eigenvalue weighted by atomic mass is 10.2. The highest BCUT2D eigenvalue weighted by Crippen LogP contribution is 2.16. The third-order valence-corrected chi connectivity index (χ3v) is 4.21. The number of aryl methyl sites for hydroxylation is 2. The summed E-state index contributed by atoms with van der Waals surface area (Å²) in [6, 6.07) is 11.7. The molecule has 3 aromatic rings. The molecular formula is C17H18IN5O. The molecular weight excluding hydrogens is 417 g/mol. The summed E-state index contributed by atoms with van der Waals surface area (Å²) in [4.78, 5) is 19.0. The van der Waals surface area contributed by atoms with Crippen molar-refractivity contribution in [3.63, 3.8) is 0 Å². The minimum atomic E-state index is -0.173. The first-order valence-corrected chi connectivity index (χ1v) is 8.78. The number of aromatic nitrogens is 4. The molecule has 0 spiro atoms. The van der Waals surface area contributed by atoms with E-state index in [0.717, 1.165) is 17.2 Å². The van der Waals surface area contributed by atoms with Gasteiger partial charge in [0.2, 0.25) is 5.95 Å². The van der Waals surface area contributed by atoms with Gasteiger partial charge in [-0.25, -0.2) is 4.98 Å². The summed E-state index contributed by atoms with van der Waals surface area (Å²) in [6.07, 6.45) is 0.697. The van der Waals surface area contributed by atoms with Gasteiger partial charge in [0.05, 0.1) is 5.69 Å². The highest BCUT2D eigenvalue weighted by molar-refractivity contribution is 14.1. The van der Waals surface area contributed by atoms with Gasteiger partial charge in [-0.3, -0.25) is 9.78 Å². The number of aromatic amines is 1. The lowest BCUT2D eigenvalue weighted by molar-refractivity contribution is 0.777. The Morgan fingerprint density at radius 1 is 1.29 bits per heavy atom. The van der Waals surface area contributed by atoms with Gasteiger partial charge in [-0.15, -0.1) is 0 Å². The van der Waals surface area contributed by atoms with Gasteiger partial charge in [-0.05, 0) is 53.6 Å². The molecule has 0 unspecified atom stereocenters. The Morgan fingerprint density at radius 3 is 2.88 bits per heavy atom. The van der Waals surface area contributed by atoms with Crippen molar-refractivity contribution >= 4 is 28.4 Å². The summed E-state index contributed by atoms with van der Waals surface area (Å²) in [5, 5.41) is 7.82. The number of rotatable bonds is 5. The van der Waals surface area contributed by atoms with Crippen molar-refractivity contribution in [2.45, 2.75) is 26.8 Å². The number of benzene rings is 1. The molecule has 2 N–H and O–H groups in total. The van der Waals surface area contributed by atoms with Crippen molar-refractivity contribution < 1.29 is 0 Å². The first-order chi connectivity index (χ1) is 11.5. The molecule has 7 heteroatoms. The summed E-state index contributed by atoms with van der Waals surface area (Å²) >= 11 is 2.30. The highest BCUT2D eigenvalue weighted by atomic mass is 127. The van der Waals surface area contributed by atoms with Crippen molar-refractivity contribution in [2.75, 3.05) is 5.32 Å². The SMILES string of the molecule is CCc1cc(=O)[nH]c(-n2nc(C)cc2NCc2cccc(I)c2)n1. The third-order valence-electron chi connectivity index (χ3n) is 3.54. The van der Waals surface area contributed by atoms with Crippen molar-refractivity contribution in [3.05, 3.63) is 67.3 Å². The maximum Gasteiger partial charge on any atom is 0.252 e. The van der Waals surface area contributed by atoms with Gasteiger partial charge in [0.15, 0.2) is 0 Å². The van der Waals surface area contributed by atoms with Crippen LogP contribution < -0.4 is 10.9 Å². The number of halogens is 1. The molecule has 0 aliphatic carbocycles. The Bertz CT molecular complexity index is 915. The van der Waals surface area contributed by atoms with E-state index in [1.807, 2.05) is 26.0 Å². The van der Waals surface area contributed by atoms with Crippen molar-refractivity contribution in [1.82, 2.24) is 19.7 Å². The molecule has 0 fully saturated rings. The first-order valence-electron chi connectivity index (χ1n) is 7.70. The van der Waals surface area contributed by atoms with E-state index in [0.29, 0.717) is 18.9 Å². The third kappa shape index (κ3) is 3.84. The second kappa shape index (κ2) is 7.16. The van der Waals surface area contributed by atoms with Crippen LogP contribution in [-0.4, -0.2) is 19.7 Å². The lowest BCUT2D eigenvalue weighted by Crippen LogP contribution is -2.16. The van der Waals surface area contributed by atoms with Crippen LogP contribution in [0.4, 0.5) is 5.82 Å². The fourth-order valence-corrected chi connectivity index (χ4v) is 3.01. The number of H-pyrrole nitrogens is 1. The van der Waals surface area contributed by atoms with Gasteiger partial charge in [0.25, 0.3) is 5.56 Å². The monoisotopic (exact) mass is 435 g/mol. The van der Waals surface area contributed by atoms with Crippen molar-refractivity contribution in [2.24, 2.45) is 0 Å². The Balaban J connectivity index is 1.90. The minimum absolute atomic E-state index is 0.173. The van der Waals surface area contributed by atoms with Crippen LogP contribution >= 0.6 is 22.6 Å². The number of hydrogen-bond acceptors (Lipinski definition) is 4. The van der Waals surface area contributed by atoms with Crippen LogP contribution in [0.3, 0.4) is 0 Å². The first kappa shape index (κ1) is 16.7. The van der Waals surface area contributed by atoms with Crippen LogP contribution in [0.15, 0.2) is 41.2 Å². The molecule has 2 heterocycles. The van der Waals surface area contributed by atoms with E-state index < -0.39 is 0 Å². The van der Waals surface area contributed by atoms with Gasteiger partial charge >= 0.3 is 0 Å². The van der Waals surface area contributed by atoms with Crippen LogP contribution in [0.25, 0.3) is 5.95 Å². The maximum absolute atomic E-state index is 11.8. The molecule has 124 valence electrons.